The van der Waals surface area contributed by atoms with Crippen molar-refractivity contribution >= 4 is 0 Å². The number of nitrogens with one attached hydrogen (secondary N) is 2. The van der Waals surface area contributed by atoms with Crippen LogP contribution in [0.15, 0.2) is 36.8 Å². The molecule has 2 aromatic heterocycles. The van der Waals surface area contributed by atoms with E-state index in [-0.39, 0.29) is 5.41 Å². The van der Waals surface area contributed by atoms with Crippen molar-refractivity contribution in [2.45, 2.75) is 53.1 Å². The van der Waals surface area contributed by atoms with Gasteiger partial charge in [0, 0.05) is 29.5 Å². The average Bonchev–Trinajstić information content (AvgIpc) is 3.19. The summed E-state index contributed by atoms with van der Waals surface area (Å²) in [5.41, 5.74) is 7.48. The van der Waals surface area contributed by atoms with Crippen molar-refractivity contribution in [3.8, 4) is 5.69 Å². The van der Waals surface area contributed by atoms with Gasteiger partial charge in [0.05, 0.1) is 23.9 Å². The molecule has 5 heteroatoms. The Kier molecular flexibility index (Phi) is 4.19. The highest BCUT2D eigenvalue weighted by atomic mass is 15.3. The van der Waals surface area contributed by atoms with Crippen LogP contribution in [-0.2, 0) is 13.0 Å². The van der Waals surface area contributed by atoms with E-state index in [1.165, 1.54) is 16.8 Å². The monoisotopic (exact) mass is 349 g/mol. The molecule has 3 aromatic rings. The normalized spacial score (nSPS) is 18.7. The second-order valence-corrected chi connectivity index (χ2v) is 8.25. The lowest BCUT2D eigenvalue weighted by atomic mass is 9.74. The summed E-state index contributed by atoms with van der Waals surface area (Å²) in [7, 11) is 0. The second kappa shape index (κ2) is 6.40. The molecule has 0 radical (unpaired) electrons. The molecule has 0 saturated heterocycles. The molecule has 0 aliphatic heterocycles. The summed E-state index contributed by atoms with van der Waals surface area (Å²) >= 11 is 0. The number of rotatable bonds is 4. The molecule has 1 unspecified atom stereocenters. The molecule has 2 heterocycles. The van der Waals surface area contributed by atoms with E-state index in [0.717, 1.165) is 36.5 Å². The van der Waals surface area contributed by atoms with Gasteiger partial charge in [-0.1, -0.05) is 31.5 Å². The number of aromatic amines is 1. The van der Waals surface area contributed by atoms with E-state index < -0.39 is 0 Å². The number of benzene rings is 1. The Hall–Kier alpha value is -2.40. The molecule has 0 spiro atoms. The van der Waals surface area contributed by atoms with Crippen LogP contribution in [-0.4, -0.2) is 19.7 Å². The van der Waals surface area contributed by atoms with Gasteiger partial charge in [-0.05, 0) is 44.2 Å². The van der Waals surface area contributed by atoms with Gasteiger partial charge in [0.25, 0.3) is 0 Å². The van der Waals surface area contributed by atoms with E-state index in [0.29, 0.717) is 6.04 Å². The maximum absolute atomic E-state index is 4.73. The van der Waals surface area contributed by atoms with Crippen LogP contribution >= 0.6 is 0 Å². The third-order valence-electron chi connectivity index (χ3n) is 5.41. The fourth-order valence-electron chi connectivity index (χ4n) is 3.92. The van der Waals surface area contributed by atoms with Gasteiger partial charge in [-0.15, -0.1) is 0 Å². The van der Waals surface area contributed by atoms with E-state index >= 15 is 0 Å². The highest BCUT2D eigenvalue weighted by molar-refractivity contribution is 5.39. The van der Waals surface area contributed by atoms with Gasteiger partial charge in [0.2, 0.25) is 0 Å². The molecule has 2 N–H and O–H groups in total. The third-order valence-corrected chi connectivity index (χ3v) is 5.41. The summed E-state index contributed by atoms with van der Waals surface area (Å²) in [6.45, 7) is 9.64. The Morgan fingerprint density at radius 2 is 2.00 bits per heavy atom. The van der Waals surface area contributed by atoms with Crippen LogP contribution in [0, 0.1) is 19.3 Å². The lowest BCUT2D eigenvalue weighted by molar-refractivity contribution is 0.252. The zero-order valence-electron chi connectivity index (χ0n) is 16.0. The Balaban J connectivity index is 1.65. The van der Waals surface area contributed by atoms with Gasteiger partial charge in [-0.2, -0.15) is 5.10 Å². The van der Waals surface area contributed by atoms with Crippen molar-refractivity contribution < 1.29 is 0 Å². The van der Waals surface area contributed by atoms with Crippen molar-refractivity contribution in [1.29, 1.82) is 0 Å². The first-order valence-electron chi connectivity index (χ1n) is 9.29. The molecule has 0 saturated carbocycles. The van der Waals surface area contributed by atoms with Crippen molar-refractivity contribution in [3.63, 3.8) is 0 Å². The van der Waals surface area contributed by atoms with Gasteiger partial charge in [0.15, 0.2) is 0 Å². The summed E-state index contributed by atoms with van der Waals surface area (Å²) in [5, 5.41) is 8.45. The fourth-order valence-corrected chi connectivity index (χ4v) is 3.92. The van der Waals surface area contributed by atoms with Crippen LogP contribution in [0.2, 0.25) is 0 Å². The fraction of sp³-hybridized carbons (Fsp3) is 0.429. The van der Waals surface area contributed by atoms with E-state index in [1.807, 2.05) is 6.20 Å². The first-order chi connectivity index (χ1) is 12.4. The predicted octanol–water partition coefficient (Wildman–Crippen LogP) is 4.02. The Morgan fingerprint density at radius 1 is 1.23 bits per heavy atom. The third kappa shape index (κ3) is 3.19. The molecule has 26 heavy (non-hydrogen) atoms. The number of hydrogen-bond donors (Lipinski definition) is 2. The molecular formula is C21H27N5. The minimum Gasteiger partial charge on any atom is -0.348 e. The minimum absolute atomic E-state index is 0.230. The molecule has 0 fully saturated rings. The summed E-state index contributed by atoms with van der Waals surface area (Å²) in [4.78, 5) is 7.57. The van der Waals surface area contributed by atoms with Crippen LogP contribution in [0.3, 0.4) is 0 Å². The molecule has 1 aliphatic carbocycles. The molecule has 1 aromatic carbocycles. The first-order valence-corrected chi connectivity index (χ1v) is 9.29. The maximum Gasteiger partial charge on any atom is 0.0925 e. The number of H-pyrrole nitrogens is 1. The molecule has 1 aliphatic rings. The molecule has 136 valence electrons. The van der Waals surface area contributed by atoms with Crippen LogP contribution in [0.25, 0.3) is 5.69 Å². The van der Waals surface area contributed by atoms with E-state index in [4.69, 9.17) is 5.10 Å². The molecule has 5 nitrogen and oxygen atoms in total. The number of hydrogen-bond acceptors (Lipinski definition) is 3. The smallest absolute Gasteiger partial charge is 0.0925 e. The lowest BCUT2D eigenvalue weighted by Gasteiger charge is -2.36. The number of nitrogens with zero attached hydrogens (tertiary/aromatic N) is 3. The van der Waals surface area contributed by atoms with Gasteiger partial charge >= 0.3 is 0 Å². The Bertz CT molecular complexity index is 901. The van der Waals surface area contributed by atoms with E-state index in [1.54, 1.807) is 6.33 Å². The number of aryl methyl sites for hydroxylation is 2. The van der Waals surface area contributed by atoms with Gasteiger partial charge in [-0.25, -0.2) is 9.67 Å². The van der Waals surface area contributed by atoms with Crippen LogP contribution in [0.4, 0.5) is 0 Å². The lowest BCUT2D eigenvalue weighted by Crippen LogP contribution is -2.33. The van der Waals surface area contributed by atoms with Crippen LogP contribution < -0.4 is 5.32 Å². The first kappa shape index (κ1) is 17.0. The summed E-state index contributed by atoms with van der Waals surface area (Å²) < 4.78 is 2.12. The zero-order valence-corrected chi connectivity index (χ0v) is 16.0. The quantitative estimate of drug-likeness (QED) is 0.748. The van der Waals surface area contributed by atoms with Gasteiger partial charge in [-0.3, -0.25) is 0 Å². The molecule has 4 rings (SSSR count). The van der Waals surface area contributed by atoms with Crippen molar-refractivity contribution in [2.75, 3.05) is 0 Å². The standard InChI is InChI=1S/C21H27N5/c1-14-5-7-16(8-6-14)26-20-10-21(3,4)9-18(17(20)11-25-26)22-12-19-15(2)23-13-24-19/h5-8,11,13,18,22H,9-10,12H2,1-4H3,(H,23,24). The average molecular weight is 349 g/mol. The van der Waals surface area contributed by atoms with Crippen LogP contribution in [0.5, 0.6) is 0 Å². The largest absolute Gasteiger partial charge is 0.348 e. The molecular weight excluding hydrogens is 322 g/mol. The Labute approximate surface area is 154 Å². The maximum atomic E-state index is 4.73. The summed E-state index contributed by atoms with van der Waals surface area (Å²) in [6.07, 6.45) is 5.94. The number of fused-ring (bicyclic) bond motifs is 1. The molecule has 0 bridgehead atoms. The highest BCUT2D eigenvalue weighted by Crippen LogP contribution is 2.41. The van der Waals surface area contributed by atoms with Crippen molar-refractivity contribution in [1.82, 2.24) is 25.1 Å². The molecule has 0 amide bonds. The zero-order chi connectivity index (χ0) is 18.3. The number of imidazole rings is 1. The minimum atomic E-state index is 0.230. The van der Waals surface area contributed by atoms with Crippen molar-refractivity contribution in [3.05, 3.63) is 65.0 Å². The highest BCUT2D eigenvalue weighted by Gasteiger charge is 2.35. The summed E-state index contributed by atoms with van der Waals surface area (Å²) in [6, 6.07) is 8.89. The second-order valence-electron chi connectivity index (χ2n) is 8.25. The topological polar surface area (TPSA) is 58.5 Å². The van der Waals surface area contributed by atoms with Crippen molar-refractivity contribution in [2.24, 2.45) is 5.41 Å². The molecule has 1 atom stereocenters. The van der Waals surface area contributed by atoms with Crippen LogP contribution in [0.1, 0.15) is 54.5 Å². The SMILES string of the molecule is Cc1ccc(-n2ncc3c2CC(C)(C)CC3NCc2nc[nH]c2C)cc1. The van der Waals surface area contributed by atoms with Gasteiger partial charge < -0.3 is 10.3 Å². The number of aromatic nitrogens is 4. The predicted molar refractivity (Wildman–Crippen MR) is 103 cm³/mol. The van der Waals surface area contributed by atoms with Gasteiger partial charge in [0.1, 0.15) is 0 Å². The van der Waals surface area contributed by atoms with E-state index in [9.17, 15) is 0 Å². The summed E-state index contributed by atoms with van der Waals surface area (Å²) in [5.74, 6) is 0. The Morgan fingerprint density at radius 3 is 2.69 bits per heavy atom. The van der Waals surface area contributed by atoms with E-state index in [2.05, 4.69) is 71.9 Å².